The van der Waals surface area contributed by atoms with Crippen molar-refractivity contribution in [3.05, 3.63) is 35.4 Å². The van der Waals surface area contributed by atoms with Crippen molar-refractivity contribution in [2.75, 3.05) is 13.2 Å². The zero-order valence-electron chi connectivity index (χ0n) is 10.1. The zero-order valence-corrected chi connectivity index (χ0v) is 10.1. The predicted molar refractivity (Wildman–Crippen MR) is 64.5 cm³/mol. The molecule has 1 fully saturated rings. The molecule has 0 amide bonds. The van der Waals surface area contributed by atoms with Gasteiger partial charge >= 0.3 is 0 Å². The van der Waals surface area contributed by atoms with Crippen LogP contribution in [0.25, 0.3) is 0 Å². The van der Waals surface area contributed by atoms with Crippen LogP contribution in [0.5, 0.6) is 0 Å². The lowest BCUT2D eigenvalue weighted by molar-refractivity contribution is -0.0711. The topological polar surface area (TPSA) is 18.5 Å². The minimum Gasteiger partial charge on any atom is -0.378 e. The van der Waals surface area contributed by atoms with Crippen molar-refractivity contribution in [2.24, 2.45) is 0 Å². The molecule has 0 aromatic heterocycles. The average molecular weight is 220 g/mol. The number of rotatable bonds is 3. The summed E-state index contributed by atoms with van der Waals surface area (Å²) in [4.78, 5) is 0. The van der Waals surface area contributed by atoms with Crippen LogP contribution >= 0.6 is 0 Å². The molecule has 1 heterocycles. The van der Waals surface area contributed by atoms with E-state index in [1.54, 1.807) is 0 Å². The lowest BCUT2D eigenvalue weighted by Crippen LogP contribution is -2.26. The molecule has 1 saturated heterocycles. The van der Waals surface area contributed by atoms with E-state index < -0.39 is 0 Å². The standard InChI is InChI=1S/C14H20O2/c1-3-15-13-7-8-16-14(10-13)12-6-4-5-11(2)9-12/h4-6,9,13-14H,3,7-8,10H2,1-2H3. The molecule has 16 heavy (non-hydrogen) atoms. The fraction of sp³-hybridized carbons (Fsp3) is 0.571. The van der Waals surface area contributed by atoms with Gasteiger partial charge in [0.05, 0.1) is 12.2 Å². The number of aryl methyl sites for hydroxylation is 1. The van der Waals surface area contributed by atoms with Gasteiger partial charge in [0.1, 0.15) is 0 Å². The average Bonchev–Trinajstić information content (AvgIpc) is 2.30. The van der Waals surface area contributed by atoms with Crippen molar-refractivity contribution in [3.8, 4) is 0 Å². The lowest BCUT2D eigenvalue weighted by Gasteiger charge is -2.29. The Bertz CT molecular complexity index is 333. The molecule has 2 unspecified atom stereocenters. The Kier molecular flexibility index (Phi) is 3.97. The van der Waals surface area contributed by atoms with Gasteiger partial charge in [0.25, 0.3) is 0 Å². The summed E-state index contributed by atoms with van der Waals surface area (Å²) in [6.07, 6.45) is 2.59. The summed E-state index contributed by atoms with van der Waals surface area (Å²) in [5.41, 5.74) is 2.57. The van der Waals surface area contributed by atoms with Gasteiger partial charge in [-0.3, -0.25) is 0 Å². The highest BCUT2D eigenvalue weighted by Gasteiger charge is 2.23. The molecule has 0 bridgehead atoms. The maximum atomic E-state index is 5.82. The Morgan fingerprint density at radius 2 is 2.31 bits per heavy atom. The molecule has 1 aromatic carbocycles. The molecule has 2 rings (SSSR count). The van der Waals surface area contributed by atoms with Gasteiger partial charge in [0, 0.05) is 19.6 Å². The molecule has 0 radical (unpaired) electrons. The molecule has 2 heteroatoms. The Morgan fingerprint density at radius 1 is 1.44 bits per heavy atom. The van der Waals surface area contributed by atoms with Gasteiger partial charge in [-0.25, -0.2) is 0 Å². The largest absolute Gasteiger partial charge is 0.378 e. The quantitative estimate of drug-likeness (QED) is 0.778. The van der Waals surface area contributed by atoms with Crippen molar-refractivity contribution in [1.82, 2.24) is 0 Å². The summed E-state index contributed by atoms with van der Waals surface area (Å²) in [6.45, 7) is 5.78. The molecule has 1 aliphatic rings. The molecule has 0 saturated carbocycles. The molecule has 0 aliphatic carbocycles. The molecule has 88 valence electrons. The normalized spacial score (nSPS) is 25.6. The van der Waals surface area contributed by atoms with E-state index in [1.807, 2.05) is 0 Å². The van der Waals surface area contributed by atoms with Crippen molar-refractivity contribution < 1.29 is 9.47 Å². The molecule has 0 spiro atoms. The van der Waals surface area contributed by atoms with Crippen molar-refractivity contribution in [3.63, 3.8) is 0 Å². The van der Waals surface area contributed by atoms with Crippen LogP contribution in [0.2, 0.25) is 0 Å². The Hall–Kier alpha value is -0.860. The van der Waals surface area contributed by atoms with E-state index in [0.717, 1.165) is 26.1 Å². The third-order valence-corrected chi connectivity index (χ3v) is 3.05. The fourth-order valence-electron chi connectivity index (χ4n) is 2.26. The summed E-state index contributed by atoms with van der Waals surface area (Å²) in [7, 11) is 0. The number of hydrogen-bond acceptors (Lipinski definition) is 2. The SMILES string of the molecule is CCOC1CCOC(c2cccc(C)c2)C1. The first kappa shape index (κ1) is 11.6. The Balaban J connectivity index is 2.03. The van der Waals surface area contributed by atoms with Gasteiger partial charge in [-0.05, 0) is 25.8 Å². The monoisotopic (exact) mass is 220 g/mol. The maximum Gasteiger partial charge on any atom is 0.0849 e. The minimum atomic E-state index is 0.213. The van der Waals surface area contributed by atoms with Crippen LogP contribution in [0, 0.1) is 6.92 Å². The summed E-state index contributed by atoms with van der Waals surface area (Å²) in [6, 6.07) is 8.57. The Morgan fingerprint density at radius 3 is 3.06 bits per heavy atom. The number of ether oxygens (including phenoxy) is 2. The van der Waals surface area contributed by atoms with Gasteiger partial charge in [-0.1, -0.05) is 29.8 Å². The van der Waals surface area contributed by atoms with E-state index in [2.05, 4.69) is 38.1 Å². The van der Waals surface area contributed by atoms with Crippen LogP contribution in [0.1, 0.15) is 37.0 Å². The van der Waals surface area contributed by atoms with Crippen LogP contribution in [0.3, 0.4) is 0 Å². The second-order valence-corrected chi connectivity index (χ2v) is 4.38. The van der Waals surface area contributed by atoms with E-state index in [-0.39, 0.29) is 6.10 Å². The maximum absolute atomic E-state index is 5.82. The minimum absolute atomic E-state index is 0.213. The third kappa shape index (κ3) is 2.83. The second-order valence-electron chi connectivity index (χ2n) is 4.38. The first-order valence-corrected chi connectivity index (χ1v) is 6.09. The zero-order chi connectivity index (χ0) is 11.4. The van der Waals surface area contributed by atoms with Crippen molar-refractivity contribution in [1.29, 1.82) is 0 Å². The van der Waals surface area contributed by atoms with E-state index in [4.69, 9.17) is 9.47 Å². The van der Waals surface area contributed by atoms with Gasteiger partial charge in [0.2, 0.25) is 0 Å². The second kappa shape index (κ2) is 5.46. The number of hydrogen-bond donors (Lipinski definition) is 0. The van der Waals surface area contributed by atoms with E-state index in [9.17, 15) is 0 Å². The van der Waals surface area contributed by atoms with Gasteiger partial charge < -0.3 is 9.47 Å². The third-order valence-electron chi connectivity index (χ3n) is 3.05. The summed E-state index contributed by atoms with van der Waals surface area (Å²) in [5, 5.41) is 0. The first-order chi connectivity index (χ1) is 7.79. The first-order valence-electron chi connectivity index (χ1n) is 6.09. The summed E-state index contributed by atoms with van der Waals surface area (Å²) in [5.74, 6) is 0. The van der Waals surface area contributed by atoms with E-state index >= 15 is 0 Å². The highest BCUT2D eigenvalue weighted by Crippen LogP contribution is 2.29. The van der Waals surface area contributed by atoms with Crippen LogP contribution in [0.15, 0.2) is 24.3 Å². The van der Waals surface area contributed by atoms with Crippen LogP contribution < -0.4 is 0 Å². The lowest BCUT2D eigenvalue weighted by atomic mass is 9.98. The molecule has 2 nitrogen and oxygen atoms in total. The number of benzene rings is 1. The van der Waals surface area contributed by atoms with E-state index in [1.165, 1.54) is 11.1 Å². The molecule has 1 aliphatic heterocycles. The van der Waals surface area contributed by atoms with Crippen molar-refractivity contribution >= 4 is 0 Å². The molecular weight excluding hydrogens is 200 g/mol. The van der Waals surface area contributed by atoms with Gasteiger partial charge in [-0.2, -0.15) is 0 Å². The van der Waals surface area contributed by atoms with Crippen LogP contribution in [-0.2, 0) is 9.47 Å². The summed E-state index contributed by atoms with van der Waals surface area (Å²) >= 11 is 0. The van der Waals surface area contributed by atoms with E-state index in [0.29, 0.717) is 6.10 Å². The smallest absolute Gasteiger partial charge is 0.0849 e. The molecule has 0 N–H and O–H groups in total. The molecule has 2 atom stereocenters. The fourth-order valence-corrected chi connectivity index (χ4v) is 2.26. The van der Waals surface area contributed by atoms with Crippen LogP contribution in [0.4, 0.5) is 0 Å². The highest BCUT2D eigenvalue weighted by molar-refractivity contribution is 5.24. The van der Waals surface area contributed by atoms with Gasteiger partial charge in [-0.15, -0.1) is 0 Å². The predicted octanol–water partition coefficient (Wildman–Crippen LogP) is 3.25. The molecular formula is C14H20O2. The van der Waals surface area contributed by atoms with Crippen molar-refractivity contribution in [2.45, 2.75) is 38.9 Å². The highest BCUT2D eigenvalue weighted by atomic mass is 16.5. The summed E-state index contributed by atoms with van der Waals surface area (Å²) < 4.78 is 11.5. The van der Waals surface area contributed by atoms with Crippen LogP contribution in [-0.4, -0.2) is 19.3 Å². The van der Waals surface area contributed by atoms with Gasteiger partial charge in [0.15, 0.2) is 0 Å². The Labute approximate surface area is 97.6 Å². The molecule has 1 aromatic rings.